The molecule has 0 unspecified atom stereocenters. The molecule has 148 valence electrons. The number of aromatic hydroxyl groups is 1. The molecule has 0 bridgehead atoms. The van der Waals surface area contributed by atoms with Crippen LogP contribution < -0.4 is 10.1 Å². The number of hydrogen-bond acceptors (Lipinski definition) is 7. The summed E-state index contributed by atoms with van der Waals surface area (Å²) in [5.41, 5.74) is 0.395. The normalized spacial score (nSPS) is 10.1. The minimum Gasteiger partial charge on any atom is -0.503 e. The van der Waals surface area contributed by atoms with Gasteiger partial charge < -0.3 is 24.6 Å². The molecule has 0 saturated carbocycles. The van der Waals surface area contributed by atoms with E-state index in [1.54, 1.807) is 19.1 Å². The summed E-state index contributed by atoms with van der Waals surface area (Å²) in [6.45, 7) is 1.36. The first-order valence-corrected chi connectivity index (χ1v) is 8.54. The van der Waals surface area contributed by atoms with Crippen LogP contribution in [0.15, 0.2) is 36.4 Å². The van der Waals surface area contributed by atoms with Gasteiger partial charge in [-0.3, -0.25) is 4.79 Å². The predicted molar refractivity (Wildman–Crippen MR) is 101 cm³/mol. The average molecular weight is 408 g/mol. The van der Waals surface area contributed by atoms with Crippen molar-refractivity contribution >= 4 is 35.1 Å². The highest BCUT2D eigenvalue weighted by Crippen LogP contribution is 2.35. The molecule has 0 saturated heterocycles. The van der Waals surface area contributed by atoms with E-state index in [2.05, 4.69) is 10.1 Å². The van der Waals surface area contributed by atoms with Crippen molar-refractivity contribution in [2.75, 3.05) is 25.6 Å². The van der Waals surface area contributed by atoms with Crippen molar-refractivity contribution in [3.8, 4) is 11.5 Å². The maximum atomic E-state index is 12.2. The number of phenols is 1. The Hall–Kier alpha value is -3.26. The van der Waals surface area contributed by atoms with Gasteiger partial charge in [0.15, 0.2) is 18.1 Å². The Morgan fingerprint density at radius 3 is 2.54 bits per heavy atom. The number of carbonyl (C=O) groups excluding carboxylic acids is 3. The number of halogens is 1. The molecule has 0 aliphatic rings. The molecular formula is C19H18ClNO7. The number of amides is 1. The monoisotopic (exact) mass is 407 g/mol. The fraction of sp³-hybridized carbons (Fsp3) is 0.211. The maximum Gasteiger partial charge on any atom is 0.339 e. The zero-order valence-corrected chi connectivity index (χ0v) is 15.9. The van der Waals surface area contributed by atoms with Crippen molar-refractivity contribution < 1.29 is 33.7 Å². The molecule has 2 aromatic rings. The molecule has 28 heavy (non-hydrogen) atoms. The first-order valence-electron chi connectivity index (χ1n) is 8.17. The number of hydrogen-bond donors (Lipinski definition) is 2. The Morgan fingerprint density at radius 2 is 1.86 bits per heavy atom. The summed E-state index contributed by atoms with van der Waals surface area (Å²) >= 11 is 5.87. The molecule has 0 aliphatic heterocycles. The van der Waals surface area contributed by atoms with Crippen LogP contribution in [0.4, 0.5) is 5.69 Å². The number of para-hydroxylation sites is 1. The zero-order valence-electron chi connectivity index (χ0n) is 15.2. The topological polar surface area (TPSA) is 111 Å². The lowest BCUT2D eigenvalue weighted by atomic mass is 10.2. The molecule has 2 rings (SSSR count). The number of methoxy groups -OCH3 is 1. The Kier molecular flexibility index (Phi) is 7.22. The lowest BCUT2D eigenvalue weighted by Gasteiger charge is -2.11. The van der Waals surface area contributed by atoms with Gasteiger partial charge in [0, 0.05) is 0 Å². The van der Waals surface area contributed by atoms with Gasteiger partial charge in [-0.1, -0.05) is 23.7 Å². The number of nitrogens with one attached hydrogen (secondary N) is 1. The summed E-state index contributed by atoms with van der Waals surface area (Å²) in [5.74, 6) is -2.37. The lowest BCUT2D eigenvalue weighted by molar-refractivity contribution is -0.119. The fourth-order valence-corrected chi connectivity index (χ4v) is 2.45. The number of anilines is 1. The van der Waals surface area contributed by atoms with Crippen molar-refractivity contribution in [1.29, 1.82) is 0 Å². The highest BCUT2D eigenvalue weighted by Gasteiger charge is 2.18. The second-order valence-electron chi connectivity index (χ2n) is 5.40. The number of ether oxygens (including phenoxy) is 3. The van der Waals surface area contributed by atoms with Gasteiger partial charge in [0.2, 0.25) is 0 Å². The molecule has 1 amide bonds. The van der Waals surface area contributed by atoms with Crippen LogP contribution in [0.1, 0.15) is 27.6 Å². The third kappa shape index (κ3) is 5.14. The second-order valence-corrected chi connectivity index (χ2v) is 5.81. The predicted octanol–water partition coefficient (Wildman–Crippen LogP) is 3.03. The second kappa shape index (κ2) is 9.61. The molecule has 2 N–H and O–H groups in total. The summed E-state index contributed by atoms with van der Waals surface area (Å²) in [5, 5.41) is 12.2. The Labute approximate surface area is 166 Å². The van der Waals surface area contributed by atoms with E-state index in [9.17, 15) is 19.5 Å². The third-order valence-electron chi connectivity index (χ3n) is 3.50. The van der Waals surface area contributed by atoms with E-state index < -0.39 is 24.5 Å². The zero-order chi connectivity index (χ0) is 20.7. The minimum atomic E-state index is -0.834. The number of benzene rings is 2. The van der Waals surface area contributed by atoms with E-state index in [1.807, 2.05) is 0 Å². The minimum absolute atomic E-state index is 0.00834. The number of rotatable bonds is 7. The standard InChI is InChI=1S/C19H18ClNO7/c1-3-27-15-9-11(8-13(20)17(15)23)18(24)28-10-16(22)21-14-7-5-4-6-12(14)19(25)26-2/h4-9,23H,3,10H2,1-2H3,(H,21,22). The van der Waals surface area contributed by atoms with Crippen LogP contribution in [0.2, 0.25) is 5.02 Å². The molecule has 0 radical (unpaired) electrons. The highest BCUT2D eigenvalue weighted by atomic mass is 35.5. The smallest absolute Gasteiger partial charge is 0.339 e. The van der Waals surface area contributed by atoms with E-state index in [4.69, 9.17) is 21.1 Å². The van der Waals surface area contributed by atoms with E-state index in [0.717, 1.165) is 0 Å². The summed E-state index contributed by atoms with van der Waals surface area (Å²) in [4.78, 5) is 35.9. The fourth-order valence-electron chi connectivity index (χ4n) is 2.24. The van der Waals surface area contributed by atoms with Gasteiger partial charge in [0.1, 0.15) is 0 Å². The molecule has 0 spiro atoms. The summed E-state index contributed by atoms with van der Waals surface area (Å²) in [6, 6.07) is 8.71. The van der Waals surface area contributed by atoms with Gasteiger partial charge in [-0.15, -0.1) is 0 Å². The largest absolute Gasteiger partial charge is 0.503 e. The average Bonchev–Trinajstić information content (AvgIpc) is 2.69. The van der Waals surface area contributed by atoms with Crippen LogP contribution in [0, 0.1) is 0 Å². The Balaban J connectivity index is 2.04. The van der Waals surface area contributed by atoms with Crippen LogP contribution in [0.25, 0.3) is 0 Å². The van der Waals surface area contributed by atoms with Crippen LogP contribution >= 0.6 is 11.6 Å². The Morgan fingerprint density at radius 1 is 1.14 bits per heavy atom. The molecule has 0 aromatic heterocycles. The molecule has 9 heteroatoms. The summed E-state index contributed by atoms with van der Waals surface area (Å²) < 4.78 is 14.8. The van der Waals surface area contributed by atoms with Crippen molar-refractivity contribution in [3.05, 3.63) is 52.5 Å². The van der Waals surface area contributed by atoms with Crippen molar-refractivity contribution in [2.24, 2.45) is 0 Å². The van der Waals surface area contributed by atoms with Gasteiger partial charge in [-0.2, -0.15) is 0 Å². The van der Waals surface area contributed by atoms with Gasteiger partial charge in [-0.05, 0) is 31.2 Å². The molecule has 0 atom stereocenters. The van der Waals surface area contributed by atoms with E-state index >= 15 is 0 Å². The summed E-state index contributed by atoms with van der Waals surface area (Å²) in [6.07, 6.45) is 0. The number of phenolic OH excluding ortho intramolecular Hbond substituents is 1. The van der Waals surface area contributed by atoms with Crippen LogP contribution in [0.3, 0.4) is 0 Å². The summed E-state index contributed by atoms with van der Waals surface area (Å²) in [7, 11) is 1.22. The lowest BCUT2D eigenvalue weighted by Crippen LogP contribution is -2.22. The molecular weight excluding hydrogens is 390 g/mol. The van der Waals surface area contributed by atoms with Gasteiger partial charge >= 0.3 is 11.9 Å². The van der Waals surface area contributed by atoms with Crippen molar-refractivity contribution in [2.45, 2.75) is 6.92 Å². The van der Waals surface area contributed by atoms with Crippen molar-refractivity contribution in [3.63, 3.8) is 0 Å². The van der Waals surface area contributed by atoms with Gasteiger partial charge in [-0.25, -0.2) is 9.59 Å². The maximum absolute atomic E-state index is 12.2. The molecule has 0 heterocycles. The first-order chi connectivity index (χ1) is 13.4. The number of esters is 2. The highest BCUT2D eigenvalue weighted by molar-refractivity contribution is 6.32. The molecule has 8 nitrogen and oxygen atoms in total. The van der Waals surface area contributed by atoms with E-state index in [1.165, 1.54) is 31.4 Å². The van der Waals surface area contributed by atoms with Crippen LogP contribution in [-0.4, -0.2) is 43.3 Å². The quantitative estimate of drug-likeness (QED) is 0.678. The molecule has 2 aromatic carbocycles. The number of carbonyl (C=O) groups is 3. The van der Waals surface area contributed by atoms with Gasteiger partial charge in [0.05, 0.1) is 35.6 Å². The SMILES string of the molecule is CCOc1cc(C(=O)OCC(=O)Nc2ccccc2C(=O)OC)cc(Cl)c1O. The molecule has 0 fully saturated rings. The van der Waals surface area contributed by atoms with Crippen LogP contribution in [-0.2, 0) is 14.3 Å². The third-order valence-corrected chi connectivity index (χ3v) is 3.79. The van der Waals surface area contributed by atoms with Crippen molar-refractivity contribution in [1.82, 2.24) is 0 Å². The van der Waals surface area contributed by atoms with Gasteiger partial charge in [0.25, 0.3) is 5.91 Å². The molecule has 0 aliphatic carbocycles. The van der Waals surface area contributed by atoms with E-state index in [0.29, 0.717) is 0 Å². The Bertz CT molecular complexity index is 898. The first kappa shape index (κ1) is 21.0. The van der Waals surface area contributed by atoms with E-state index in [-0.39, 0.29) is 39.9 Å². The van der Waals surface area contributed by atoms with Crippen LogP contribution in [0.5, 0.6) is 11.5 Å².